The highest BCUT2D eigenvalue weighted by Gasteiger charge is 2.17. The van der Waals surface area contributed by atoms with E-state index in [1.807, 2.05) is 0 Å². The number of benzene rings is 1. The van der Waals surface area contributed by atoms with Crippen molar-refractivity contribution in [2.45, 2.75) is 13.5 Å². The zero-order chi connectivity index (χ0) is 17.6. The first-order valence-corrected chi connectivity index (χ1v) is 7.54. The van der Waals surface area contributed by atoms with E-state index in [0.29, 0.717) is 33.8 Å². The highest BCUT2D eigenvalue weighted by Crippen LogP contribution is 2.19. The fourth-order valence-electron chi connectivity index (χ4n) is 2.75. The van der Waals surface area contributed by atoms with Crippen molar-refractivity contribution in [1.29, 1.82) is 0 Å². The van der Waals surface area contributed by atoms with Gasteiger partial charge in [0, 0.05) is 23.9 Å². The van der Waals surface area contributed by atoms with Crippen LogP contribution in [-0.2, 0) is 6.54 Å². The predicted molar refractivity (Wildman–Crippen MR) is 89.4 cm³/mol. The lowest BCUT2D eigenvalue weighted by molar-refractivity contribution is 0.0952. The highest BCUT2D eigenvalue weighted by atomic mass is 19.1. The van der Waals surface area contributed by atoms with Crippen molar-refractivity contribution in [3.8, 4) is 0 Å². The molecule has 0 aliphatic carbocycles. The summed E-state index contributed by atoms with van der Waals surface area (Å²) in [5, 5.41) is 6.76. The van der Waals surface area contributed by atoms with E-state index in [2.05, 4.69) is 25.4 Å². The van der Waals surface area contributed by atoms with Gasteiger partial charge in [-0.2, -0.15) is 9.61 Å². The molecule has 0 fully saturated rings. The van der Waals surface area contributed by atoms with Crippen molar-refractivity contribution in [3.05, 3.63) is 53.4 Å². The Morgan fingerprint density at radius 1 is 1.44 bits per heavy atom. The van der Waals surface area contributed by atoms with Gasteiger partial charge in [0.05, 0.1) is 23.6 Å². The second-order valence-electron chi connectivity index (χ2n) is 5.62. The van der Waals surface area contributed by atoms with Gasteiger partial charge in [-0.1, -0.05) is 0 Å². The van der Waals surface area contributed by atoms with Crippen LogP contribution in [0.3, 0.4) is 0 Å². The number of halogens is 1. The summed E-state index contributed by atoms with van der Waals surface area (Å²) < 4.78 is 15.5. The van der Waals surface area contributed by atoms with Gasteiger partial charge >= 0.3 is 0 Å². The van der Waals surface area contributed by atoms with Gasteiger partial charge in [-0.15, -0.1) is 0 Å². The van der Waals surface area contributed by atoms with E-state index in [9.17, 15) is 9.18 Å². The summed E-state index contributed by atoms with van der Waals surface area (Å²) in [6.07, 6.45) is 2.87. The minimum Gasteiger partial charge on any atom is -0.384 e. The van der Waals surface area contributed by atoms with E-state index < -0.39 is 11.7 Å². The summed E-state index contributed by atoms with van der Waals surface area (Å²) in [7, 11) is 0. The van der Waals surface area contributed by atoms with Crippen molar-refractivity contribution < 1.29 is 9.18 Å². The van der Waals surface area contributed by atoms with Crippen molar-refractivity contribution in [3.63, 3.8) is 0 Å². The Balaban J connectivity index is 1.65. The molecule has 25 heavy (non-hydrogen) atoms. The molecule has 0 aliphatic heterocycles. The summed E-state index contributed by atoms with van der Waals surface area (Å²) in [6.45, 7) is 1.77. The standard InChI is InChI=1S/C16H14FN7O/c1-8-4-13(18)24-15(23-8)10(6-22-24)16(25)19-5-9-11(17)2-3-12-14(9)21-7-20-12/h2-4,6-7H,5,18H2,1H3,(H,19,25)(H,20,21). The van der Waals surface area contributed by atoms with Crippen LogP contribution >= 0.6 is 0 Å². The van der Waals surface area contributed by atoms with Crippen LogP contribution in [-0.4, -0.2) is 30.5 Å². The molecule has 4 rings (SSSR count). The molecule has 0 unspecified atom stereocenters. The molecule has 4 N–H and O–H groups in total. The van der Waals surface area contributed by atoms with Gasteiger partial charge in [-0.05, 0) is 19.1 Å². The van der Waals surface area contributed by atoms with Crippen LogP contribution in [0.5, 0.6) is 0 Å². The van der Waals surface area contributed by atoms with Crippen molar-refractivity contribution in [2.75, 3.05) is 5.73 Å². The lowest BCUT2D eigenvalue weighted by Gasteiger charge is -2.07. The predicted octanol–water partition coefficient (Wildman–Crippen LogP) is 1.57. The zero-order valence-electron chi connectivity index (χ0n) is 13.2. The maximum atomic E-state index is 14.1. The second-order valence-corrected chi connectivity index (χ2v) is 5.62. The number of fused-ring (bicyclic) bond motifs is 2. The zero-order valence-corrected chi connectivity index (χ0v) is 13.2. The van der Waals surface area contributed by atoms with E-state index >= 15 is 0 Å². The molecule has 8 nitrogen and oxygen atoms in total. The summed E-state index contributed by atoms with van der Waals surface area (Å²) in [5.41, 5.74) is 8.67. The van der Waals surface area contributed by atoms with E-state index in [0.717, 1.165) is 0 Å². The van der Waals surface area contributed by atoms with Gasteiger partial charge in [0.2, 0.25) is 0 Å². The molecule has 0 saturated heterocycles. The fourth-order valence-corrected chi connectivity index (χ4v) is 2.75. The third kappa shape index (κ3) is 2.45. The Morgan fingerprint density at radius 3 is 3.12 bits per heavy atom. The molecular formula is C16H14FN7O. The van der Waals surface area contributed by atoms with Crippen LogP contribution in [0.15, 0.2) is 30.7 Å². The van der Waals surface area contributed by atoms with Crippen LogP contribution < -0.4 is 11.1 Å². The van der Waals surface area contributed by atoms with E-state index in [4.69, 9.17) is 5.73 Å². The summed E-state index contributed by atoms with van der Waals surface area (Å²) in [6, 6.07) is 4.60. The number of H-pyrrole nitrogens is 1. The summed E-state index contributed by atoms with van der Waals surface area (Å²) in [4.78, 5) is 23.8. The average Bonchev–Trinajstić information content (AvgIpc) is 3.20. The van der Waals surface area contributed by atoms with Crippen LogP contribution in [0.1, 0.15) is 21.6 Å². The lowest BCUT2D eigenvalue weighted by atomic mass is 10.1. The van der Waals surface area contributed by atoms with Gasteiger partial charge in [0.25, 0.3) is 5.91 Å². The summed E-state index contributed by atoms with van der Waals surface area (Å²) >= 11 is 0. The molecule has 126 valence electrons. The van der Waals surface area contributed by atoms with Gasteiger partial charge < -0.3 is 16.0 Å². The Morgan fingerprint density at radius 2 is 2.28 bits per heavy atom. The number of hydrogen-bond acceptors (Lipinski definition) is 5. The number of imidazole rings is 1. The molecule has 0 spiro atoms. The number of amides is 1. The number of carbonyl (C=O) groups excluding carboxylic acids is 1. The van der Waals surface area contributed by atoms with Gasteiger partial charge in [-0.25, -0.2) is 14.4 Å². The van der Waals surface area contributed by atoms with E-state index in [-0.39, 0.29) is 12.1 Å². The maximum absolute atomic E-state index is 14.1. The smallest absolute Gasteiger partial charge is 0.257 e. The van der Waals surface area contributed by atoms with Crippen LogP contribution in [0.4, 0.5) is 10.2 Å². The minimum absolute atomic E-state index is 0.00843. The SMILES string of the molecule is Cc1cc(N)n2ncc(C(=O)NCc3c(F)ccc4[nH]cnc34)c2n1. The number of nitrogens with one attached hydrogen (secondary N) is 2. The van der Waals surface area contributed by atoms with E-state index in [1.165, 1.54) is 23.1 Å². The molecule has 4 aromatic rings. The van der Waals surface area contributed by atoms with Crippen molar-refractivity contribution >= 4 is 28.4 Å². The second kappa shape index (κ2) is 5.55. The first kappa shape index (κ1) is 15.1. The highest BCUT2D eigenvalue weighted by molar-refractivity contribution is 6.00. The number of hydrogen-bond donors (Lipinski definition) is 3. The summed E-state index contributed by atoms with van der Waals surface area (Å²) in [5.74, 6) is -0.466. The Labute approximate surface area is 140 Å². The van der Waals surface area contributed by atoms with Crippen LogP contribution in [0.2, 0.25) is 0 Å². The van der Waals surface area contributed by atoms with Crippen LogP contribution in [0, 0.1) is 12.7 Å². The number of nitrogens with zero attached hydrogens (tertiary/aromatic N) is 4. The number of aromatic nitrogens is 5. The lowest BCUT2D eigenvalue weighted by Crippen LogP contribution is -2.23. The molecule has 0 saturated carbocycles. The molecule has 0 atom stereocenters. The molecular weight excluding hydrogens is 325 g/mol. The van der Waals surface area contributed by atoms with E-state index in [1.54, 1.807) is 19.1 Å². The Hall–Kier alpha value is -3.49. The fraction of sp³-hybridized carbons (Fsp3) is 0.125. The Kier molecular flexibility index (Phi) is 3.34. The molecule has 0 radical (unpaired) electrons. The van der Waals surface area contributed by atoms with Gasteiger partial charge in [0.15, 0.2) is 5.65 Å². The number of aryl methyl sites for hydroxylation is 1. The number of carbonyl (C=O) groups is 1. The van der Waals surface area contributed by atoms with Gasteiger partial charge in [0.1, 0.15) is 17.2 Å². The third-order valence-corrected chi connectivity index (χ3v) is 3.94. The largest absolute Gasteiger partial charge is 0.384 e. The van der Waals surface area contributed by atoms with Crippen LogP contribution in [0.25, 0.3) is 16.7 Å². The monoisotopic (exact) mass is 339 g/mol. The third-order valence-electron chi connectivity index (χ3n) is 3.94. The van der Waals surface area contributed by atoms with Crippen molar-refractivity contribution in [1.82, 2.24) is 29.9 Å². The molecule has 3 heterocycles. The topological polar surface area (TPSA) is 114 Å². The molecule has 1 amide bonds. The van der Waals surface area contributed by atoms with Gasteiger partial charge in [-0.3, -0.25) is 4.79 Å². The maximum Gasteiger partial charge on any atom is 0.257 e. The number of nitrogens with two attached hydrogens (primary N) is 1. The minimum atomic E-state index is -0.432. The number of aromatic amines is 1. The Bertz CT molecular complexity index is 1110. The molecule has 3 aromatic heterocycles. The quantitative estimate of drug-likeness (QED) is 0.524. The normalized spacial score (nSPS) is 11.3. The van der Waals surface area contributed by atoms with Crippen molar-refractivity contribution in [2.24, 2.45) is 0 Å². The molecule has 0 bridgehead atoms. The molecule has 0 aliphatic rings. The molecule has 1 aromatic carbocycles. The number of nitrogen functional groups attached to an aromatic ring is 1. The number of rotatable bonds is 3. The first-order valence-electron chi connectivity index (χ1n) is 7.54. The number of anilines is 1. The first-order chi connectivity index (χ1) is 12.0. The molecule has 9 heteroatoms. The average molecular weight is 339 g/mol.